The molecule has 3 heterocycles. The fraction of sp³-hybridized carbons (Fsp3) is 0.194. The predicted molar refractivity (Wildman–Crippen MR) is 144 cm³/mol. The van der Waals surface area contributed by atoms with Gasteiger partial charge in [-0.05, 0) is 22.8 Å². The van der Waals surface area contributed by atoms with E-state index >= 15 is 0 Å². The third kappa shape index (κ3) is 3.92. The highest BCUT2D eigenvalue weighted by Gasteiger charge is 2.67. The van der Waals surface area contributed by atoms with Crippen LogP contribution < -0.4 is 5.32 Å². The Morgan fingerprint density at radius 1 is 0.921 bits per heavy atom. The molecule has 0 radical (unpaired) electrons. The molecule has 6 rings (SSSR count). The van der Waals surface area contributed by atoms with Crippen molar-refractivity contribution >= 4 is 34.8 Å². The summed E-state index contributed by atoms with van der Waals surface area (Å²) in [6, 6.07) is 25.9. The Balaban J connectivity index is 1.42. The number of H-pyrrole nitrogens is 1. The van der Waals surface area contributed by atoms with Crippen molar-refractivity contribution in [2.75, 3.05) is 0 Å². The van der Waals surface area contributed by atoms with Gasteiger partial charge in [-0.1, -0.05) is 91.0 Å². The standard InChI is InChI=1S/C31H27N3O4/c35-28-26-25(16-15-20-9-3-1-4-10-20)33-31(30(37)38,17-22-18-32-24-14-8-7-13-23(22)24)27(26)29(36)34(28)19-21-11-5-2-6-12-21/h1-16,18,25-27,32-33H,17,19H2,(H,37,38). The van der Waals surface area contributed by atoms with Crippen molar-refractivity contribution in [2.24, 2.45) is 11.8 Å². The SMILES string of the molecule is O=C1C2C(C=Cc3ccccc3)NC(Cc3c[nH]c4ccccc34)(C(=O)O)C2C(=O)N1Cc1ccccc1. The number of fused-ring (bicyclic) bond motifs is 2. The first-order valence-electron chi connectivity index (χ1n) is 12.7. The van der Waals surface area contributed by atoms with Gasteiger partial charge in [0, 0.05) is 29.6 Å². The molecule has 0 saturated carbocycles. The zero-order chi connectivity index (χ0) is 26.3. The van der Waals surface area contributed by atoms with Gasteiger partial charge in [-0.25, -0.2) is 0 Å². The Morgan fingerprint density at radius 2 is 1.61 bits per heavy atom. The van der Waals surface area contributed by atoms with Crippen molar-refractivity contribution in [2.45, 2.75) is 24.5 Å². The van der Waals surface area contributed by atoms with Crippen molar-refractivity contribution in [3.05, 3.63) is 114 Å². The number of carbonyl (C=O) groups is 3. The first kappa shape index (κ1) is 23.9. The van der Waals surface area contributed by atoms with Crippen LogP contribution in [0.2, 0.25) is 0 Å². The number of imide groups is 1. The van der Waals surface area contributed by atoms with Gasteiger partial charge in [-0.3, -0.25) is 24.6 Å². The van der Waals surface area contributed by atoms with Crippen molar-refractivity contribution in [1.29, 1.82) is 0 Å². The predicted octanol–water partition coefficient (Wildman–Crippen LogP) is 4.02. The van der Waals surface area contributed by atoms with E-state index in [4.69, 9.17) is 0 Å². The number of carboxylic acids is 1. The van der Waals surface area contributed by atoms with E-state index in [1.165, 1.54) is 4.90 Å². The molecule has 4 aromatic rings. The molecule has 2 saturated heterocycles. The fourth-order valence-electron chi connectivity index (χ4n) is 5.99. The summed E-state index contributed by atoms with van der Waals surface area (Å²) in [5, 5.41) is 14.8. The quantitative estimate of drug-likeness (QED) is 0.329. The lowest BCUT2D eigenvalue weighted by Crippen LogP contribution is -2.58. The van der Waals surface area contributed by atoms with Gasteiger partial charge in [-0.15, -0.1) is 0 Å². The zero-order valence-corrected chi connectivity index (χ0v) is 20.6. The van der Waals surface area contributed by atoms with Crippen molar-refractivity contribution in [3.63, 3.8) is 0 Å². The molecule has 2 amide bonds. The highest BCUT2D eigenvalue weighted by atomic mass is 16.4. The average molecular weight is 506 g/mol. The molecule has 3 aromatic carbocycles. The maximum Gasteiger partial charge on any atom is 0.325 e. The monoisotopic (exact) mass is 505 g/mol. The third-order valence-corrected chi connectivity index (χ3v) is 7.79. The fourth-order valence-corrected chi connectivity index (χ4v) is 5.99. The zero-order valence-electron chi connectivity index (χ0n) is 20.6. The number of aromatic amines is 1. The highest BCUT2D eigenvalue weighted by Crippen LogP contribution is 2.46. The normalized spacial score (nSPS) is 24.9. The molecule has 2 fully saturated rings. The van der Waals surface area contributed by atoms with Crippen LogP contribution in [-0.2, 0) is 27.3 Å². The van der Waals surface area contributed by atoms with Crippen LogP contribution >= 0.6 is 0 Å². The van der Waals surface area contributed by atoms with Crippen LogP contribution in [0.5, 0.6) is 0 Å². The summed E-state index contributed by atoms with van der Waals surface area (Å²) >= 11 is 0. The second-order valence-electron chi connectivity index (χ2n) is 10.0. The number of carbonyl (C=O) groups excluding carboxylic acids is 2. The van der Waals surface area contributed by atoms with Crippen molar-refractivity contribution < 1.29 is 19.5 Å². The molecule has 0 aliphatic carbocycles. The molecular formula is C31H27N3O4. The molecule has 4 unspecified atom stereocenters. The Hall–Kier alpha value is -4.49. The lowest BCUT2D eigenvalue weighted by atomic mass is 9.76. The number of rotatable bonds is 7. The van der Waals surface area contributed by atoms with Crippen LogP contribution in [0.4, 0.5) is 0 Å². The maximum absolute atomic E-state index is 13.9. The van der Waals surface area contributed by atoms with Crippen LogP contribution in [0, 0.1) is 11.8 Å². The van der Waals surface area contributed by atoms with E-state index in [0.717, 1.165) is 27.6 Å². The molecule has 7 heteroatoms. The molecular weight excluding hydrogens is 478 g/mol. The Kier molecular flexibility index (Phi) is 5.93. The van der Waals surface area contributed by atoms with Crippen LogP contribution in [0.25, 0.3) is 17.0 Å². The van der Waals surface area contributed by atoms with Gasteiger partial charge >= 0.3 is 5.97 Å². The molecule has 0 spiro atoms. The summed E-state index contributed by atoms with van der Waals surface area (Å²) in [6.45, 7) is 0.114. The summed E-state index contributed by atoms with van der Waals surface area (Å²) in [5.74, 6) is -3.81. The number of hydrogen-bond donors (Lipinski definition) is 3. The van der Waals surface area contributed by atoms with E-state index in [-0.39, 0.29) is 18.9 Å². The van der Waals surface area contributed by atoms with Crippen LogP contribution in [0.15, 0.2) is 97.2 Å². The van der Waals surface area contributed by atoms with Gasteiger partial charge in [-0.2, -0.15) is 0 Å². The summed E-state index contributed by atoms with van der Waals surface area (Å²) in [7, 11) is 0. The van der Waals surface area contributed by atoms with Gasteiger partial charge in [0.15, 0.2) is 0 Å². The van der Waals surface area contributed by atoms with E-state index < -0.39 is 35.3 Å². The summed E-state index contributed by atoms with van der Waals surface area (Å²) in [5.41, 5.74) is 1.75. The van der Waals surface area contributed by atoms with Gasteiger partial charge in [0.1, 0.15) is 5.54 Å². The Bertz CT molecular complexity index is 1550. The second-order valence-corrected chi connectivity index (χ2v) is 10.0. The van der Waals surface area contributed by atoms with E-state index in [1.54, 1.807) is 6.20 Å². The lowest BCUT2D eigenvalue weighted by Gasteiger charge is -2.31. The number of carboxylic acid groups (broad SMARTS) is 1. The number of nitrogens with zero attached hydrogens (tertiary/aromatic N) is 1. The van der Waals surface area contributed by atoms with Gasteiger partial charge in [0.05, 0.1) is 18.4 Å². The summed E-state index contributed by atoms with van der Waals surface area (Å²) in [4.78, 5) is 45.2. The molecule has 0 bridgehead atoms. The largest absolute Gasteiger partial charge is 0.480 e. The molecule has 2 aliphatic rings. The second kappa shape index (κ2) is 9.43. The topological polar surface area (TPSA) is 102 Å². The first-order chi connectivity index (χ1) is 18.5. The van der Waals surface area contributed by atoms with Crippen molar-refractivity contribution in [3.8, 4) is 0 Å². The average Bonchev–Trinajstić information content (AvgIpc) is 3.57. The minimum atomic E-state index is -1.65. The number of aromatic nitrogens is 1. The van der Waals surface area contributed by atoms with E-state index in [9.17, 15) is 19.5 Å². The summed E-state index contributed by atoms with van der Waals surface area (Å²) < 4.78 is 0. The number of aliphatic carboxylic acids is 1. The Morgan fingerprint density at radius 3 is 2.34 bits per heavy atom. The lowest BCUT2D eigenvalue weighted by molar-refractivity contribution is -0.151. The summed E-state index contributed by atoms with van der Waals surface area (Å²) in [6.07, 6.45) is 5.55. The van der Waals surface area contributed by atoms with Gasteiger partial charge in [0.2, 0.25) is 11.8 Å². The molecule has 4 atom stereocenters. The highest BCUT2D eigenvalue weighted by molar-refractivity contribution is 6.09. The molecule has 1 aromatic heterocycles. The van der Waals surface area contributed by atoms with E-state index in [0.29, 0.717) is 0 Å². The number of hydrogen-bond acceptors (Lipinski definition) is 4. The number of para-hydroxylation sites is 1. The number of nitrogens with one attached hydrogen (secondary N) is 2. The van der Waals surface area contributed by atoms with Gasteiger partial charge in [0.25, 0.3) is 0 Å². The molecule has 38 heavy (non-hydrogen) atoms. The van der Waals surface area contributed by atoms with E-state index in [2.05, 4.69) is 10.3 Å². The molecule has 7 nitrogen and oxygen atoms in total. The third-order valence-electron chi connectivity index (χ3n) is 7.79. The van der Waals surface area contributed by atoms with Crippen LogP contribution in [0.3, 0.4) is 0 Å². The number of amides is 2. The molecule has 2 aliphatic heterocycles. The smallest absolute Gasteiger partial charge is 0.325 e. The number of benzene rings is 3. The molecule has 190 valence electrons. The Labute approximate surface area is 219 Å². The minimum absolute atomic E-state index is 0.0569. The van der Waals surface area contributed by atoms with Crippen LogP contribution in [0.1, 0.15) is 16.7 Å². The van der Waals surface area contributed by atoms with Crippen molar-refractivity contribution in [1.82, 2.24) is 15.2 Å². The first-order valence-corrected chi connectivity index (χ1v) is 12.7. The minimum Gasteiger partial charge on any atom is -0.480 e. The number of likely N-dealkylation sites (tertiary alicyclic amines) is 1. The van der Waals surface area contributed by atoms with E-state index in [1.807, 2.05) is 97.1 Å². The van der Waals surface area contributed by atoms with Crippen LogP contribution in [-0.4, -0.2) is 44.4 Å². The molecule has 3 N–H and O–H groups in total. The van der Waals surface area contributed by atoms with Gasteiger partial charge < -0.3 is 10.1 Å². The maximum atomic E-state index is 13.9.